The van der Waals surface area contributed by atoms with Gasteiger partial charge in [0, 0.05) is 11.6 Å². The molecule has 0 saturated carbocycles. The Morgan fingerprint density at radius 1 is 1.38 bits per heavy atom. The molecule has 21 heavy (non-hydrogen) atoms. The average molecular weight is 320 g/mol. The highest BCUT2D eigenvalue weighted by Gasteiger charge is 2.23. The zero-order valence-corrected chi connectivity index (χ0v) is 12.8. The molecule has 3 rings (SSSR count). The second-order valence-electron chi connectivity index (χ2n) is 4.39. The van der Waals surface area contributed by atoms with E-state index in [-0.39, 0.29) is 16.7 Å². The Bertz CT molecular complexity index is 770. The maximum absolute atomic E-state index is 11.4. The van der Waals surface area contributed by atoms with Gasteiger partial charge in [-0.2, -0.15) is 0 Å². The summed E-state index contributed by atoms with van der Waals surface area (Å²) >= 11 is 2.93. The Kier molecular flexibility index (Phi) is 3.80. The van der Waals surface area contributed by atoms with Gasteiger partial charge in [-0.15, -0.1) is 22.7 Å². The van der Waals surface area contributed by atoms with Gasteiger partial charge in [-0.25, -0.2) is 9.97 Å². The highest BCUT2D eigenvalue weighted by Crippen LogP contribution is 2.36. The maximum atomic E-state index is 11.4. The normalized spacial score (nSPS) is 12.4. The van der Waals surface area contributed by atoms with E-state index in [1.165, 1.54) is 22.7 Å². The van der Waals surface area contributed by atoms with E-state index in [0.717, 1.165) is 16.1 Å². The molecule has 1 N–H and O–H groups in total. The third kappa shape index (κ3) is 2.59. The van der Waals surface area contributed by atoms with E-state index in [1.807, 2.05) is 18.4 Å². The quantitative estimate of drug-likeness (QED) is 0.562. The molecule has 1 aromatic carbocycles. The number of nitrogens with zero attached hydrogens (tertiary/aromatic N) is 3. The van der Waals surface area contributed by atoms with Gasteiger partial charge in [0.2, 0.25) is 0 Å². The fourth-order valence-corrected chi connectivity index (χ4v) is 3.60. The molecule has 0 fully saturated rings. The lowest BCUT2D eigenvalue weighted by Crippen LogP contribution is -2.10. The molecule has 0 bridgehead atoms. The zero-order chi connectivity index (χ0) is 14.8. The predicted octanol–water partition coefficient (Wildman–Crippen LogP) is 4.22. The third-order valence-electron chi connectivity index (χ3n) is 3.15. The number of nitrogens with one attached hydrogen (secondary N) is 1. The minimum Gasteiger partial charge on any atom is -0.370 e. The summed E-state index contributed by atoms with van der Waals surface area (Å²) in [5.74, 6) is 0. The highest BCUT2D eigenvalue weighted by atomic mass is 32.1. The van der Waals surface area contributed by atoms with Crippen molar-refractivity contribution in [3.8, 4) is 0 Å². The molecule has 1 unspecified atom stereocenters. The van der Waals surface area contributed by atoms with E-state index in [0.29, 0.717) is 11.2 Å². The fourth-order valence-electron chi connectivity index (χ4n) is 2.15. The van der Waals surface area contributed by atoms with Crippen molar-refractivity contribution in [2.75, 3.05) is 5.32 Å². The van der Waals surface area contributed by atoms with Gasteiger partial charge >= 0.3 is 5.69 Å². The van der Waals surface area contributed by atoms with E-state index < -0.39 is 0 Å². The SMILES string of the molecule is CCC(Nc1ccc2scnc2c1[N+](=O)[O-])c1nccs1. The van der Waals surface area contributed by atoms with E-state index in [4.69, 9.17) is 0 Å². The minimum atomic E-state index is -0.376. The summed E-state index contributed by atoms with van der Waals surface area (Å²) in [6.45, 7) is 2.02. The largest absolute Gasteiger partial charge is 0.370 e. The Hall–Kier alpha value is -2.06. The molecule has 0 saturated heterocycles. The standard InChI is InChI=1S/C13H12N4O2S2/c1-2-8(13-14-5-6-20-13)16-9-3-4-10-11(15-7-21-10)12(9)17(18)19/h3-8,16H,2H2,1H3. The van der Waals surface area contributed by atoms with Crippen LogP contribution >= 0.6 is 22.7 Å². The van der Waals surface area contributed by atoms with Gasteiger partial charge < -0.3 is 5.32 Å². The van der Waals surface area contributed by atoms with Gasteiger partial charge in [0.25, 0.3) is 0 Å². The average Bonchev–Trinajstić information content (AvgIpc) is 3.14. The first kappa shape index (κ1) is 13.9. The fraction of sp³-hybridized carbons (Fsp3) is 0.231. The van der Waals surface area contributed by atoms with E-state index >= 15 is 0 Å². The van der Waals surface area contributed by atoms with Gasteiger partial charge in [0.1, 0.15) is 10.7 Å². The Labute approximate surface area is 128 Å². The number of rotatable bonds is 5. The highest BCUT2D eigenvalue weighted by molar-refractivity contribution is 7.16. The van der Waals surface area contributed by atoms with Crippen molar-refractivity contribution in [3.63, 3.8) is 0 Å². The molecule has 108 valence electrons. The number of thiazole rings is 2. The van der Waals surface area contributed by atoms with Crippen molar-refractivity contribution >= 4 is 44.3 Å². The topological polar surface area (TPSA) is 81.0 Å². The van der Waals surface area contributed by atoms with Crippen LogP contribution in [0.3, 0.4) is 0 Å². The first-order valence-corrected chi connectivity index (χ1v) is 8.13. The summed E-state index contributed by atoms with van der Waals surface area (Å²) < 4.78 is 0.814. The smallest absolute Gasteiger partial charge is 0.319 e. The van der Waals surface area contributed by atoms with Crippen molar-refractivity contribution in [2.45, 2.75) is 19.4 Å². The van der Waals surface area contributed by atoms with Crippen LogP contribution in [-0.4, -0.2) is 14.9 Å². The molecule has 6 nitrogen and oxygen atoms in total. The predicted molar refractivity (Wildman–Crippen MR) is 85.0 cm³/mol. The van der Waals surface area contributed by atoms with Gasteiger partial charge in [-0.3, -0.25) is 10.1 Å². The van der Waals surface area contributed by atoms with Crippen LogP contribution in [0.1, 0.15) is 24.4 Å². The van der Waals surface area contributed by atoms with Crippen LogP contribution in [0.4, 0.5) is 11.4 Å². The van der Waals surface area contributed by atoms with Crippen LogP contribution in [0.5, 0.6) is 0 Å². The van der Waals surface area contributed by atoms with Crippen molar-refractivity contribution < 1.29 is 4.92 Å². The lowest BCUT2D eigenvalue weighted by atomic mass is 10.2. The lowest BCUT2D eigenvalue weighted by Gasteiger charge is -2.15. The summed E-state index contributed by atoms with van der Waals surface area (Å²) in [5.41, 5.74) is 2.58. The van der Waals surface area contributed by atoms with E-state index in [2.05, 4.69) is 15.3 Å². The van der Waals surface area contributed by atoms with Crippen LogP contribution in [0.15, 0.2) is 29.2 Å². The molecule has 0 aliphatic rings. The Morgan fingerprint density at radius 2 is 2.24 bits per heavy atom. The molecule has 3 aromatic rings. The number of hydrogen-bond acceptors (Lipinski definition) is 7. The van der Waals surface area contributed by atoms with Gasteiger partial charge in [0.15, 0.2) is 5.52 Å². The molecule has 0 radical (unpaired) electrons. The zero-order valence-electron chi connectivity index (χ0n) is 11.1. The van der Waals surface area contributed by atoms with Crippen LogP contribution in [0.25, 0.3) is 10.2 Å². The molecular weight excluding hydrogens is 308 g/mol. The third-order valence-corrected chi connectivity index (χ3v) is 4.83. The monoisotopic (exact) mass is 320 g/mol. The summed E-state index contributed by atoms with van der Waals surface area (Å²) in [4.78, 5) is 19.4. The van der Waals surface area contributed by atoms with Crippen molar-refractivity contribution in [1.29, 1.82) is 0 Å². The van der Waals surface area contributed by atoms with Crippen LogP contribution in [0, 0.1) is 10.1 Å². The molecule has 2 heterocycles. The maximum Gasteiger partial charge on any atom is 0.319 e. The van der Waals surface area contributed by atoms with Gasteiger partial charge in [0.05, 0.1) is 21.2 Å². The summed E-state index contributed by atoms with van der Waals surface area (Å²) in [5, 5.41) is 17.5. The Balaban J connectivity index is 2.03. The number of hydrogen-bond donors (Lipinski definition) is 1. The first-order chi connectivity index (χ1) is 10.2. The number of nitro groups is 1. The summed E-state index contributed by atoms with van der Waals surface area (Å²) in [6.07, 6.45) is 2.53. The van der Waals surface area contributed by atoms with Crippen LogP contribution in [0.2, 0.25) is 0 Å². The number of fused-ring (bicyclic) bond motifs is 1. The number of benzene rings is 1. The van der Waals surface area contributed by atoms with Crippen molar-refractivity contribution in [1.82, 2.24) is 9.97 Å². The van der Waals surface area contributed by atoms with E-state index in [1.54, 1.807) is 17.8 Å². The molecule has 2 aromatic heterocycles. The second kappa shape index (κ2) is 5.74. The molecule has 0 aliphatic carbocycles. The first-order valence-electron chi connectivity index (χ1n) is 6.37. The molecule has 8 heteroatoms. The number of anilines is 1. The molecule has 0 spiro atoms. The number of aromatic nitrogens is 2. The van der Waals surface area contributed by atoms with Crippen molar-refractivity contribution in [2.24, 2.45) is 0 Å². The van der Waals surface area contributed by atoms with E-state index in [9.17, 15) is 10.1 Å². The minimum absolute atomic E-state index is 0.0313. The molecule has 1 atom stereocenters. The second-order valence-corrected chi connectivity index (χ2v) is 6.21. The number of nitro benzene ring substituents is 1. The Morgan fingerprint density at radius 3 is 2.90 bits per heavy atom. The van der Waals surface area contributed by atoms with Crippen LogP contribution < -0.4 is 5.32 Å². The van der Waals surface area contributed by atoms with Crippen LogP contribution in [-0.2, 0) is 0 Å². The van der Waals surface area contributed by atoms with Gasteiger partial charge in [-0.05, 0) is 18.6 Å². The summed E-state index contributed by atoms with van der Waals surface area (Å²) in [6, 6.07) is 3.56. The summed E-state index contributed by atoms with van der Waals surface area (Å²) in [7, 11) is 0. The van der Waals surface area contributed by atoms with Gasteiger partial charge in [-0.1, -0.05) is 6.92 Å². The van der Waals surface area contributed by atoms with Crippen molar-refractivity contribution in [3.05, 3.63) is 44.3 Å². The molecule has 0 aliphatic heterocycles. The molecule has 0 amide bonds. The lowest BCUT2D eigenvalue weighted by molar-refractivity contribution is -0.382. The molecular formula is C13H12N4O2S2.